The van der Waals surface area contributed by atoms with Gasteiger partial charge in [0.15, 0.2) is 0 Å². The molecule has 0 amide bonds. The van der Waals surface area contributed by atoms with E-state index in [2.05, 4.69) is 14.5 Å². The Hall–Kier alpha value is -0.980. The average Bonchev–Trinajstić information content (AvgIpc) is 2.16. The second-order valence-electron chi connectivity index (χ2n) is 3.06. The minimum atomic E-state index is -2.50. The minimum Gasteiger partial charge on any atom is -0.750 e. The quantitative estimate of drug-likeness (QED) is 0.788. The van der Waals surface area contributed by atoms with Crippen molar-refractivity contribution < 1.29 is 12.9 Å². The van der Waals surface area contributed by atoms with Crippen LogP contribution in [0.3, 0.4) is 0 Å². The molecule has 1 aromatic rings. The Morgan fingerprint density at radius 3 is 2.73 bits per heavy atom. The first-order chi connectivity index (χ1) is 7.04. The van der Waals surface area contributed by atoms with Crippen LogP contribution in [0.4, 0.5) is 5.82 Å². The van der Waals surface area contributed by atoms with E-state index in [1.54, 1.807) is 26.1 Å². The highest BCUT2D eigenvalue weighted by Gasteiger charge is 2.10. The van der Waals surface area contributed by atoms with Crippen LogP contribution >= 0.6 is 0 Å². The fourth-order valence-electron chi connectivity index (χ4n) is 1.31. The van der Waals surface area contributed by atoms with Gasteiger partial charge >= 0.3 is 0 Å². The van der Waals surface area contributed by atoms with Crippen LogP contribution < -0.4 is 5.32 Å². The first kappa shape index (κ1) is 12.1. The predicted octanol–water partition coefficient (Wildman–Crippen LogP) is 1.30. The van der Waals surface area contributed by atoms with Crippen LogP contribution in [0.5, 0.6) is 0 Å². The maximum absolute atomic E-state index is 10.4. The van der Waals surface area contributed by atoms with Gasteiger partial charge in [0.2, 0.25) is 0 Å². The number of nitrogens with zero attached hydrogens (tertiary/aromatic N) is 1. The molecule has 6 heteroatoms. The van der Waals surface area contributed by atoms with Crippen LogP contribution in [-0.4, -0.2) is 20.8 Å². The molecule has 0 bridgehead atoms. The molecule has 0 saturated heterocycles. The van der Waals surface area contributed by atoms with Crippen molar-refractivity contribution in [2.24, 2.45) is 0 Å². The van der Waals surface area contributed by atoms with Gasteiger partial charge in [-0.3, -0.25) is 4.18 Å². The molecule has 0 spiro atoms. The smallest absolute Gasteiger partial charge is 0.125 e. The lowest BCUT2D eigenvalue weighted by Gasteiger charge is -2.16. The molecule has 0 aliphatic rings. The van der Waals surface area contributed by atoms with Gasteiger partial charge < -0.3 is 9.87 Å². The van der Waals surface area contributed by atoms with Gasteiger partial charge in [0.05, 0.1) is 17.5 Å². The maximum atomic E-state index is 10.4. The Labute approximate surface area is 91.4 Å². The number of rotatable bonds is 4. The van der Waals surface area contributed by atoms with E-state index in [9.17, 15) is 8.76 Å². The second-order valence-corrected chi connectivity index (χ2v) is 3.66. The van der Waals surface area contributed by atoms with Gasteiger partial charge in [0.25, 0.3) is 0 Å². The van der Waals surface area contributed by atoms with Crippen LogP contribution in [0.15, 0.2) is 12.1 Å². The summed E-state index contributed by atoms with van der Waals surface area (Å²) in [6, 6.07) is 3.57. The summed E-state index contributed by atoms with van der Waals surface area (Å²) in [7, 11) is 1.77. The highest BCUT2D eigenvalue weighted by atomic mass is 32.2. The molecular formula is C9H13N2O3S-. The van der Waals surface area contributed by atoms with Crippen molar-refractivity contribution in [1.29, 1.82) is 0 Å². The Morgan fingerprint density at radius 2 is 2.27 bits per heavy atom. The number of pyridine rings is 1. The molecule has 2 atom stereocenters. The summed E-state index contributed by atoms with van der Waals surface area (Å²) in [4.78, 5) is 4.23. The van der Waals surface area contributed by atoms with Gasteiger partial charge in [-0.1, -0.05) is 6.07 Å². The average molecular weight is 229 g/mol. The van der Waals surface area contributed by atoms with Crippen LogP contribution in [0.25, 0.3) is 0 Å². The monoisotopic (exact) mass is 229 g/mol. The molecule has 0 aliphatic carbocycles. The largest absolute Gasteiger partial charge is 0.750 e. The van der Waals surface area contributed by atoms with Crippen molar-refractivity contribution >= 4 is 17.2 Å². The summed E-state index contributed by atoms with van der Waals surface area (Å²) >= 11 is -2.50. The molecule has 0 aromatic carbocycles. The second kappa shape index (κ2) is 5.20. The van der Waals surface area contributed by atoms with Crippen molar-refractivity contribution in [2.75, 3.05) is 12.4 Å². The van der Waals surface area contributed by atoms with Crippen molar-refractivity contribution in [2.45, 2.75) is 20.0 Å². The number of hydrogen-bond acceptors (Lipinski definition) is 5. The molecule has 5 nitrogen and oxygen atoms in total. The first-order valence-corrected chi connectivity index (χ1v) is 5.46. The molecule has 1 rings (SSSR count). The SMILES string of the molecule is CNc1ccc(C(C)OS(=O)[O-])c(C)n1. The number of aryl methyl sites for hydroxylation is 1. The van der Waals surface area contributed by atoms with Crippen molar-refractivity contribution in [3.8, 4) is 0 Å². The Kier molecular flexibility index (Phi) is 4.19. The van der Waals surface area contributed by atoms with Gasteiger partial charge in [-0.05, 0) is 19.9 Å². The van der Waals surface area contributed by atoms with E-state index in [4.69, 9.17) is 0 Å². The molecule has 15 heavy (non-hydrogen) atoms. The maximum Gasteiger partial charge on any atom is 0.125 e. The Bertz CT molecular complexity index is 370. The zero-order chi connectivity index (χ0) is 11.4. The van der Waals surface area contributed by atoms with E-state index in [0.29, 0.717) is 0 Å². The van der Waals surface area contributed by atoms with Crippen LogP contribution in [0.1, 0.15) is 24.3 Å². The standard InChI is InChI=1S/C9H14N2O3S/c1-6-8(7(2)14-15(12)13)4-5-9(10-3)11-6/h4-5,7H,1-3H3,(H,10,11)(H,12,13)/p-1. The van der Waals surface area contributed by atoms with Crippen LogP contribution in [-0.2, 0) is 15.5 Å². The molecule has 0 radical (unpaired) electrons. The molecule has 1 aromatic heterocycles. The third-order valence-corrected chi connectivity index (χ3v) is 2.49. The van der Waals surface area contributed by atoms with Gasteiger partial charge in [-0.25, -0.2) is 9.19 Å². The van der Waals surface area contributed by atoms with Crippen LogP contribution in [0.2, 0.25) is 0 Å². The van der Waals surface area contributed by atoms with E-state index in [0.717, 1.165) is 17.1 Å². The zero-order valence-corrected chi connectivity index (χ0v) is 9.63. The van der Waals surface area contributed by atoms with Crippen LogP contribution in [0, 0.1) is 6.92 Å². The van der Waals surface area contributed by atoms with Crippen molar-refractivity contribution in [3.63, 3.8) is 0 Å². The van der Waals surface area contributed by atoms with Gasteiger partial charge in [-0.15, -0.1) is 0 Å². The fraction of sp³-hybridized carbons (Fsp3) is 0.444. The summed E-state index contributed by atoms with van der Waals surface area (Å²) < 4.78 is 25.4. The summed E-state index contributed by atoms with van der Waals surface area (Å²) in [6.45, 7) is 3.47. The third-order valence-electron chi connectivity index (χ3n) is 2.04. The van der Waals surface area contributed by atoms with Gasteiger partial charge in [0.1, 0.15) is 5.82 Å². The topological polar surface area (TPSA) is 74.3 Å². The third kappa shape index (κ3) is 3.26. The molecule has 0 saturated carbocycles. The molecular weight excluding hydrogens is 216 g/mol. The highest BCUT2D eigenvalue weighted by Crippen LogP contribution is 2.21. The minimum absolute atomic E-state index is 0.512. The molecule has 2 unspecified atom stereocenters. The normalized spacial score (nSPS) is 14.7. The lowest BCUT2D eigenvalue weighted by atomic mass is 10.1. The fourth-order valence-corrected chi connectivity index (χ4v) is 1.65. The summed E-state index contributed by atoms with van der Waals surface area (Å²) in [6.07, 6.45) is -0.512. The lowest BCUT2D eigenvalue weighted by molar-refractivity contribution is 0.222. The van der Waals surface area contributed by atoms with Gasteiger partial charge in [0, 0.05) is 18.3 Å². The summed E-state index contributed by atoms with van der Waals surface area (Å²) in [5.41, 5.74) is 1.51. The van der Waals surface area contributed by atoms with E-state index in [1.165, 1.54) is 0 Å². The molecule has 1 N–H and O–H groups in total. The Morgan fingerprint density at radius 1 is 1.60 bits per heavy atom. The first-order valence-electron chi connectivity index (χ1n) is 4.46. The number of aromatic nitrogens is 1. The molecule has 0 aliphatic heterocycles. The van der Waals surface area contributed by atoms with Crippen molar-refractivity contribution in [1.82, 2.24) is 4.98 Å². The number of hydrogen-bond donors (Lipinski definition) is 1. The lowest BCUT2D eigenvalue weighted by Crippen LogP contribution is -2.06. The molecule has 1 heterocycles. The highest BCUT2D eigenvalue weighted by molar-refractivity contribution is 7.74. The van der Waals surface area contributed by atoms with E-state index >= 15 is 0 Å². The Balaban J connectivity index is 2.90. The van der Waals surface area contributed by atoms with Gasteiger partial charge in [-0.2, -0.15) is 0 Å². The molecule has 84 valence electrons. The summed E-state index contributed by atoms with van der Waals surface area (Å²) in [5.74, 6) is 0.742. The van der Waals surface area contributed by atoms with Crippen molar-refractivity contribution in [3.05, 3.63) is 23.4 Å². The number of nitrogens with one attached hydrogen (secondary N) is 1. The van der Waals surface area contributed by atoms with E-state index in [1.807, 2.05) is 6.92 Å². The predicted molar refractivity (Wildman–Crippen MR) is 56.9 cm³/mol. The summed E-state index contributed by atoms with van der Waals surface area (Å²) in [5, 5.41) is 2.90. The van der Waals surface area contributed by atoms with E-state index in [-0.39, 0.29) is 0 Å². The number of anilines is 1. The van der Waals surface area contributed by atoms with E-state index < -0.39 is 17.5 Å². The molecule has 0 fully saturated rings. The zero-order valence-electron chi connectivity index (χ0n) is 8.81.